The van der Waals surface area contributed by atoms with Crippen molar-refractivity contribution >= 4 is 21.4 Å². The van der Waals surface area contributed by atoms with E-state index in [1.165, 1.54) is 0 Å². The van der Waals surface area contributed by atoms with Crippen LogP contribution in [0.4, 0.5) is 0 Å². The molecule has 0 spiro atoms. The molecule has 0 amide bonds. The van der Waals surface area contributed by atoms with E-state index in [0.717, 1.165) is 37.3 Å². The summed E-state index contributed by atoms with van der Waals surface area (Å²) in [6.45, 7) is 4.45. The van der Waals surface area contributed by atoms with Crippen LogP contribution in [0.3, 0.4) is 0 Å². The molecule has 1 aromatic rings. The Hall–Kier alpha value is -0.470. The van der Waals surface area contributed by atoms with Gasteiger partial charge in [-0.15, -0.1) is 11.3 Å². The number of nitrogens with zero attached hydrogens (tertiary/aromatic N) is 1. The van der Waals surface area contributed by atoms with Crippen molar-refractivity contribution in [2.45, 2.75) is 36.6 Å². The molecule has 0 aliphatic carbocycles. The second-order valence-electron chi connectivity index (χ2n) is 4.66. The minimum absolute atomic E-state index is 0.119. The van der Waals surface area contributed by atoms with Gasteiger partial charge in [0.05, 0.1) is 6.61 Å². The molecule has 2 rings (SSSR count). The number of likely N-dealkylation sites (tertiary alicyclic amines) is 1. The Balaban J connectivity index is 1.97. The summed E-state index contributed by atoms with van der Waals surface area (Å²) >= 11 is 1.11. The molecule has 0 bridgehead atoms. The van der Waals surface area contributed by atoms with E-state index in [0.29, 0.717) is 17.5 Å². The molecule has 0 saturated carbocycles. The van der Waals surface area contributed by atoms with Gasteiger partial charge in [0.2, 0.25) is 10.0 Å². The Bertz CT molecular complexity index is 513. The number of rotatable bonds is 6. The quantitative estimate of drug-likeness (QED) is 0.823. The van der Waals surface area contributed by atoms with Crippen molar-refractivity contribution in [3.05, 3.63) is 17.0 Å². The van der Waals surface area contributed by atoms with Crippen LogP contribution in [-0.2, 0) is 16.6 Å². The first kappa shape index (κ1) is 14.9. The Labute approximate surface area is 118 Å². The van der Waals surface area contributed by atoms with Crippen LogP contribution < -0.4 is 4.72 Å². The van der Waals surface area contributed by atoms with E-state index in [1.807, 2.05) is 0 Å². The summed E-state index contributed by atoms with van der Waals surface area (Å²) in [5, 5.41) is 8.97. The minimum Gasteiger partial charge on any atom is -0.391 e. The molecule has 0 aromatic carbocycles. The van der Waals surface area contributed by atoms with E-state index in [-0.39, 0.29) is 10.8 Å². The lowest BCUT2D eigenvalue weighted by Gasteiger charge is -2.22. The lowest BCUT2D eigenvalue weighted by molar-refractivity contribution is 0.268. The van der Waals surface area contributed by atoms with Crippen LogP contribution in [0.2, 0.25) is 0 Å². The maximum atomic E-state index is 12.1. The highest BCUT2D eigenvalue weighted by Gasteiger charge is 2.25. The third kappa shape index (κ3) is 3.55. The SMILES string of the molecule is CCN1CCCC1CNS(=O)(=O)c1ccc(CO)s1. The van der Waals surface area contributed by atoms with E-state index in [1.54, 1.807) is 12.1 Å². The van der Waals surface area contributed by atoms with Gasteiger partial charge in [0.15, 0.2) is 0 Å². The van der Waals surface area contributed by atoms with E-state index in [9.17, 15) is 8.42 Å². The summed E-state index contributed by atoms with van der Waals surface area (Å²) in [4.78, 5) is 2.97. The summed E-state index contributed by atoms with van der Waals surface area (Å²) in [6.07, 6.45) is 2.18. The van der Waals surface area contributed by atoms with E-state index < -0.39 is 10.0 Å². The van der Waals surface area contributed by atoms with Crippen LogP contribution in [-0.4, -0.2) is 44.1 Å². The molecular weight excluding hydrogens is 284 g/mol. The fourth-order valence-corrected chi connectivity index (χ4v) is 4.74. The molecule has 1 atom stereocenters. The number of thiophene rings is 1. The highest BCUT2D eigenvalue weighted by atomic mass is 32.2. The molecule has 5 nitrogen and oxygen atoms in total. The van der Waals surface area contributed by atoms with Crippen LogP contribution in [0.1, 0.15) is 24.6 Å². The fourth-order valence-electron chi connectivity index (χ4n) is 2.41. The second kappa shape index (κ2) is 6.32. The molecular formula is C12H20N2O3S2. The van der Waals surface area contributed by atoms with Gasteiger partial charge in [-0.2, -0.15) is 0 Å². The lowest BCUT2D eigenvalue weighted by atomic mass is 10.2. The molecule has 1 unspecified atom stereocenters. The van der Waals surface area contributed by atoms with E-state index in [4.69, 9.17) is 5.11 Å². The third-order valence-electron chi connectivity index (χ3n) is 3.47. The molecule has 1 aliphatic rings. The number of aliphatic hydroxyl groups excluding tert-OH is 1. The predicted octanol–water partition coefficient (Wildman–Crippen LogP) is 1.00. The standard InChI is InChI=1S/C12H20N2O3S2/c1-2-14-7-3-4-10(14)8-13-19(16,17)12-6-5-11(9-15)18-12/h5-6,10,13,15H,2-4,7-9H2,1H3. The molecule has 1 saturated heterocycles. The molecule has 1 fully saturated rings. The molecule has 19 heavy (non-hydrogen) atoms. The average Bonchev–Trinajstić information content (AvgIpc) is 3.05. The molecule has 2 N–H and O–H groups in total. The van der Waals surface area contributed by atoms with Crippen molar-refractivity contribution in [3.63, 3.8) is 0 Å². The Morgan fingerprint density at radius 3 is 2.95 bits per heavy atom. The van der Waals surface area contributed by atoms with Crippen molar-refractivity contribution in [1.29, 1.82) is 0 Å². The zero-order valence-corrected chi connectivity index (χ0v) is 12.6. The number of hydrogen-bond donors (Lipinski definition) is 2. The Morgan fingerprint density at radius 1 is 1.53 bits per heavy atom. The van der Waals surface area contributed by atoms with Gasteiger partial charge in [-0.1, -0.05) is 6.92 Å². The van der Waals surface area contributed by atoms with Crippen LogP contribution in [0.15, 0.2) is 16.3 Å². The van der Waals surface area contributed by atoms with Gasteiger partial charge in [-0.3, -0.25) is 4.90 Å². The summed E-state index contributed by atoms with van der Waals surface area (Å²) < 4.78 is 27.2. The fraction of sp³-hybridized carbons (Fsp3) is 0.667. The zero-order valence-electron chi connectivity index (χ0n) is 11.0. The molecule has 7 heteroatoms. The first-order chi connectivity index (χ1) is 9.06. The molecule has 108 valence electrons. The first-order valence-corrected chi connectivity index (χ1v) is 8.80. The molecule has 1 aromatic heterocycles. The van der Waals surface area contributed by atoms with Crippen LogP contribution >= 0.6 is 11.3 Å². The van der Waals surface area contributed by atoms with Crippen molar-refractivity contribution in [2.75, 3.05) is 19.6 Å². The maximum Gasteiger partial charge on any atom is 0.250 e. The molecule has 0 radical (unpaired) electrons. The normalized spacial score (nSPS) is 21.1. The highest BCUT2D eigenvalue weighted by Crippen LogP contribution is 2.22. The van der Waals surface area contributed by atoms with Crippen LogP contribution in [0.25, 0.3) is 0 Å². The van der Waals surface area contributed by atoms with Gasteiger partial charge in [0.25, 0.3) is 0 Å². The Morgan fingerprint density at radius 2 is 2.32 bits per heavy atom. The first-order valence-electron chi connectivity index (χ1n) is 6.50. The van der Waals surface area contributed by atoms with Gasteiger partial charge in [-0.05, 0) is 38.1 Å². The second-order valence-corrected chi connectivity index (χ2v) is 7.82. The average molecular weight is 304 g/mol. The van der Waals surface area contributed by atoms with Crippen LogP contribution in [0.5, 0.6) is 0 Å². The van der Waals surface area contributed by atoms with E-state index in [2.05, 4.69) is 16.5 Å². The smallest absolute Gasteiger partial charge is 0.250 e. The maximum absolute atomic E-state index is 12.1. The van der Waals surface area contributed by atoms with Gasteiger partial charge >= 0.3 is 0 Å². The number of aliphatic hydroxyl groups is 1. The number of likely N-dealkylation sites (N-methyl/N-ethyl adjacent to an activating group) is 1. The number of nitrogens with one attached hydrogen (secondary N) is 1. The van der Waals surface area contributed by atoms with Gasteiger partial charge < -0.3 is 5.11 Å². The summed E-state index contributed by atoms with van der Waals surface area (Å²) in [7, 11) is -3.44. The van der Waals surface area contributed by atoms with Gasteiger partial charge in [0.1, 0.15) is 4.21 Å². The van der Waals surface area contributed by atoms with E-state index >= 15 is 0 Å². The Kier molecular flexibility index (Phi) is 4.97. The minimum atomic E-state index is -3.44. The topological polar surface area (TPSA) is 69.6 Å². The predicted molar refractivity (Wildman–Crippen MR) is 75.7 cm³/mol. The molecule has 1 aliphatic heterocycles. The largest absolute Gasteiger partial charge is 0.391 e. The van der Waals surface area contributed by atoms with Crippen molar-refractivity contribution in [2.24, 2.45) is 0 Å². The third-order valence-corrected chi connectivity index (χ3v) is 6.46. The monoisotopic (exact) mass is 304 g/mol. The number of hydrogen-bond acceptors (Lipinski definition) is 5. The zero-order chi connectivity index (χ0) is 13.9. The van der Waals surface area contributed by atoms with Crippen molar-refractivity contribution in [3.8, 4) is 0 Å². The highest BCUT2D eigenvalue weighted by molar-refractivity contribution is 7.91. The summed E-state index contributed by atoms with van der Waals surface area (Å²) in [5.41, 5.74) is 0. The molecule has 2 heterocycles. The number of sulfonamides is 1. The van der Waals surface area contributed by atoms with Crippen molar-refractivity contribution in [1.82, 2.24) is 9.62 Å². The summed E-state index contributed by atoms with van der Waals surface area (Å²) in [5.74, 6) is 0. The summed E-state index contributed by atoms with van der Waals surface area (Å²) in [6, 6.07) is 3.50. The van der Waals surface area contributed by atoms with Crippen molar-refractivity contribution < 1.29 is 13.5 Å². The van der Waals surface area contributed by atoms with Gasteiger partial charge in [0, 0.05) is 17.5 Å². The lowest BCUT2D eigenvalue weighted by Crippen LogP contribution is -2.39. The van der Waals surface area contributed by atoms with Gasteiger partial charge in [-0.25, -0.2) is 13.1 Å². The van der Waals surface area contributed by atoms with Crippen LogP contribution in [0, 0.1) is 0 Å².